The van der Waals surface area contributed by atoms with Crippen molar-refractivity contribution in [1.82, 2.24) is 5.32 Å². The fourth-order valence-electron chi connectivity index (χ4n) is 4.55. The van der Waals surface area contributed by atoms with E-state index in [4.69, 9.17) is 40.6 Å². The highest BCUT2D eigenvalue weighted by Crippen LogP contribution is 2.39. The summed E-state index contributed by atoms with van der Waals surface area (Å²) >= 11 is 5.69. The maximum absolute atomic E-state index is 6.40. The fourth-order valence-corrected chi connectivity index (χ4v) is 4.80. The lowest BCUT2D eigenvalue weighted by molar-refractivity contribution is -0.222. The van der Waals surface area contributed by atoms with E-state index in [9.17, 15) is 0 Å². The van der Waals surface area contributed by atoms with Gasteiger partial charge in [0.25, 0.3) is 0 Å². The molecule has 0 bridgehead atoms. The first-order valence-electron chi connectivity index (χ1n) is 13.3. The number of methoxy groups -OCH3 is 1. The summed E-state index contributed by atoms with van der Waals surface area (Å²) in [5.41, 5.74) is 0.778. The van der Waals surface area contributed by atoms with Crippen LogP contribution in [0.2, 0.25) is 0 Å². The lowest BCUT2D eigenvalue weighted by Gasteiger charge is -2.32. The van der Waals surface area contributed by atoms with E-state index in [0.717, 1.165) is 44.2 Å². The zero-order chi connectivity index (χ0) is 26.0. The largest absolute Gasteiger partial charge is 0.495 e. The van der Waals surface area contributed by atoms with E-state index in [2.05, 4.69) is 24.5 Å². The first kappa shape index (κ1) is 29.1. The average Bonchev–Trinajstić information content (AvgIpc) is 3.32. The Hall–Kier alpha value is -1.49. The predicted octanol–water partition coefficient (Wildman–Crippen LogP) is 5.01. The van der Waals surface area contributed by atoms with E-state index in [-0.39, 0.29) is 24.4 Å². The normalized spacial score (nSPS) is 25.4. The van der Waals surface area contributed by atoms with Crippen molar-refractivity contribution in [3.63, 3.8) is 0 Å². The summed E-state index contributed by atoms with van der Waals surface area (Å²) in [6.45, 7) is 9.94. The van der Waals surface area contributed by atoms with Crippen LogP contribution >= 0.6 is 12.2 Å². The summed E-state index contributed by atoms with van der Waals surface area (Å²) in [5, 5.41) is 7.12. The minimum Gasteiger partial charge on any atom is -0.495 e. The average molecular weight is 525 g/mol. The maximum Gasteiger partial charge on any atom is 0.189 e. The van der Waals surface area contributed by atoms with Crippen LogP contribution in [0.5, 0.6) is 5.75 Å². The molecule has 1 aromatic carbocycles. The molecule has 2 heterocycles. The Balaban J connectivity index is 1.72. The molecular weight excluding hydrogens is 480 g/mol. The van der Waals surface area contributed by atoms with Crippen molar-refractivity contribution in [3.05, 3.63) is 24.3 Å². The van der Waals surface area contributed by atoms with Gasteiger partial charge in [-0.25, -0.2) is 0 Å². The molecular formula is C27H44N2O6S. The second kappa shape index (κ2) is 14.4. The Morgan fingerprint density at radius 3 is 2.50 bits per heavy atom. The van der Waals surface area contributed by atoms with E-state index in [1.165, 1.54) is 0 Å². The molecule has 0 spiro atoms. The van der Waals surface area contributed by atoms with Crippen molar-refractivity contribution in [2.24, 2.45) is 0 Å². The van der Waals surface area contributed by atoms with Crippen molar-refractivity contribution in [2.45, 2.75) is 103 Å². The number of thiocarbonyl (C=S) groups is 1. The van der Waals surface area contributed by atoms with Crippen LogP contribution in [-0.2, 0) is 23.7 Å². The second-order valence-corrected chi connectivity index (χ2v) is 10.2. The number of fused-ring (bicyclic) bond motifs is 1. The van der Waals surface area contributed by atoms with Gasteiger partial charge in [-0.15, -0.1) is 0 Å². The highest BCUT2D eigenvalue weighted by Gasteiger charge is 2.57. The van der Waals surface area contributed by atoms with Crippen LogP contribution in [0.25, 0.3) is 0 Å². The molecule has 0 unspecified atom stereocenters. The first-order valence-corrected chi connectivity index (χ1v) is 13.7. The number of para-hydroxylation sites is 2. The Labute approximate surface area is 221 Å². The summed E-state index contributed by atoms with van der Waals surface area (Å²) in [7, 11) is 1.63. The van der Waals surface area contributed by atoms with Crippen molar-refractivity contribution in [2.75, 3.05) is 32.2 Å². The van der Waals surface area contributed by atoms with Gasteiger partial charge >= 0.3 is 0 Å². The van der Waals surface area contributed by atoms with E-state index >= 15 is 0 Å². The maximum atomic E-state index is 6.40. The van der Waals surface area contributed by atoms with Gasteiger partial charge in [-0.05, 0) is 51.0 Å². The lowest BCUT2D eigenvalue weighted by Crippen LogP contribution is -2.54. The third kappa shape index (κ3) is 8.26. The van der Waals surface area contributed by atoms with Crippen LogP contribution in [0.15, 0.2) is 24.3 Å². The highest BCUT2D eigenvalue weighted by atomic mass is 32.1. The quantitative estimate of drug-likeness (QED) is 0.243. The van der Waals surface area contributed by atoms with Crippen LogP contribution in [0.4, 0.5) is 5.69 Å². The van der Waals surface area contributed by atoms with Gasteiger partial charge in [0.2, 0.25) is 0 Å². The Kier molecular flexibility index (Phi) is 11.7. The topological polar surface area (TPSA) is 79.4 Å². The molecule has 5 atom stereocenters. The van der Waals surface area contributed by atoms with Crippen molar-refractivity contribution >= 4 is 23.0 Å². The second-order valence-electron chi connectivity index (χ2n) is 9.79. The van der Waals surface area contributed by atoms with Crippen molar-refractivity contribution in [3.8, 4) is 5.75 Å². The van der Waals surface area contributed by atoms with E-state index in [0.29, 0.717) is 30.7 Å². The molecule has 3 rings (SSSR count). The number of hydrogen-bond acceptors (Lipinski definition) is 7. The third-order valence-corrected chi connectivity index (χ3v) is 6.58. The molecule has 2 N–H and O–H groups in total. The molecule has 2 aliphatic heterocycles. The van der Waals surface area contributed by atoms with Gasteiger partial charge in [0.15, 0.2) is 17.2 Å². The molecule has 0 aliphatic carbocycles. The smallest absolute Gasteiger partial charge is 0.189 e. The van der Waals surface area contributed by atoms with Crippen LogP contribution < -0.4 is 15.4 Å². The van der Waals surface area contributed by atoms with Crippen LogP contribution in [0.1, 0.15) is 66.2 Å². The zero-order valence-electron chi connectivity index (χ0n) is 22.4. The van der Waals surface area contributed by atoms with Gasteiger partial charge in [0.1, 0.15) is 24.1 Å². The molecule has 36 heavy (non-hydrogen) atoms. The minimum absolute atomic E-state index is 0.282. The molecule has 0 radical (unpaired) electrons. The number of rotatable bonds is 15. The van der Waals surface area contributed by atoms with Crippen LogP contribution in [0.3, 0.4) is 0 Å². The minimum atomic E-state index is -0.744. The summed E-state index contributed by atoms with van der Waals surface area (Å²) < 4.78 is 36.5. The first-order chi connectivity index (χ1) is 17.4. The monoisotopic (exact) mass is 524 g/mol. The number of ether oxygens (including phenoxy) is 6. The molecule has 0 amide bonds. The standard InChI is InChI=1S/C27H44N2O6S/c1-6-8-12-16-31-18-21(32-17-13-9-7-2)23-22(24-25(33-23)35-27(3,4)34-24)29-26(36)28-19-14-10-11-15-20(19)30-5/h10-11,14-15,21-25H,6-9,12-13,16-18H2,1-5H3,(H2,28,29,36)/t21-,22+,23-,24-,25-/m1/s1. The van der Waals surface area contributed by atoms with Gasteiger partial charge in [-0.2, -0.15) is 0 Å². The predicted molar refractivity (Wildman–Crippen MR) is 144 cm³/mol. The molecule has 9 heteroatoms. The molecule has 8 nitrogen and oxygen atoms in total. The van der Waals surface area contributed by atoms with Crippen molar-refractivity contribution in [1.29, 1.82) is 0 Å². The molecule has 2 saturated heterocycles. The van der Waals surface area contributed by atoms with Crippen molar-refractivity contribution < 1.29 is 28.4 Å². The Bertz CT molecular complexity index is 810. The zero-order valence-corrected chi connectivity index (χ0v) is 23.2. The summed E-state index contributed by atoms with van der Waals surface area (Å²) in [6.07, 6.45) is 5.09. The molecule has 0 aromatic heterocycles. The van der Waals surface area contributed by atoms with Gasteiger partial charge < -0.3 is 39.1 Å². The van der Waals surface area contributed by atoms with Gasteiger partial charge in [0.05, 0.1) is 25.4 Å². The molecule has 204 valence electrons. The Morgan fingerprint density at radius 2 is 1.78 bits per heavy atom. The summed E-state index contributed by atoms with van der Waals surface area (Å²) in [4.78, 5) is 0. The molecule has 2 aliphatic rings. The molecule has 1 aromatic rings. The SMILES string of the molecule is CCCCCOC[C@@H](OCCCCC)[C@H]1O[C@@H]2OC(C)(C)O[C@@H]2[C@H]1NC(=S)Nc1ccccc1OC. The van der Waals surface area contributed by atoms with E-state index in [1.54, 1.807) is 7.11 Å². The highest BCUT2D eigenvalue weighted by molar-refractivity contribution is 7.80. The fraction of sp³-hybridized carbons (Fsp3) is 0.741. The number of nitrogens with one attached hydrogen (secondary N) is 2. The summed E-state index contributed by atoms with van der Waals surface area (Å²) in [5.74, 6) is -0.0376. The molecule has 0 saturated carbocycles. The van der Waals surface area contributed by atoms with Gasteiger partial charge in [-0.3, -0.25) is 0 Å². The van der Waals surface area contributed by atoms with E-state index < -0.39 is 12.1 Å². The van der Waals surface area contributed by atoms with Crippen LogP contribution in [-0.4, -0.2) is 68.5 Å². The number of unbranched alkanes of at least 4 members (excludes halogenated alkanes) is 4. The van der Waals surface area contributed by atoms with Gasteiger partial charge in [-0.1, -0.05) is 51.7 Å². The summed E-state index contributed by atoms with van der Waals surface area (Å²) in [6, 6.07) is 7.35. The Morgan fingerprint density at radius 1 is 1.06 bits per heavy atom. The molecule has 2 fully saturated rings. The van der Waals surface area contributed by atoms with E-state index in [1.807, 2.05) is 38.1 Å². The van der Waals surface area contributed by atoms with Gasteiger partial charge in [0, 0.05) is 13.2 Å². The lowest BCUT2D eigenvalue weighted by atomic mass is 10.0. The number of benzene rings is 1. The third-order valence-electron chi connectivity index (χ3n) is 6.36. The number of anilines is 1. The van der Waals surface area contributed by atoms with Crippen LogP contribution in [0, 0.1) is 0 Å². The number of hydrogen-bond donors (Lipinski definition) is 2.